The molecule has 2 N–H and O–H groups in total. The first-order valence-corrected chi connectivity index (χ1v) is 8.11. The number of carbonyl (C=O) groups is 2. The molecule has 1 aliphatic rings. The van der Waals surface area contributed by atoms with Crippen molar-refractivity contribution in [1.29, 1.82) is 0 Å². The fraction of sp³-hybridized carbons (Fsp3) is 0.353. The minimum atomic E-state index is -1.08. The number of rotatable bonds is 6. The molecule has 1 aliphatic carbocycles. The number of amides is 1. The number of aromatic nitrogens is 1. The molecule has 1 saturated carbocycles. The number of carboxylic acids is 1. The summed E-state index contributed by atoms with van der Waals surface area (Å²) >= 11 is 5.85. The number of nitrogens with zero attached hydrogens (tertiary/aromatic N) is 1. The predicted molar refractivity (Wildman–Crippen MR) is 87.6 cm³/mol. The quantitative estimate of drug-likeness (QED) is 0.837. The number of halogens is 1. The maximum absolute atomic E-state index is 12.0. The molecule has 0 saturated heterocycles. The number of aryl methyl sites for hydroxylation is 1. The number of benzene rings is 1. The summed E-state index contributed by atoms with van der Waals surface area (Å²) < 4.78 is 5.63. The molecule has 2 aromatic rings. The van der Waals surface area contributed by atoms with Crippen LogP contribution in [0, 0.1) is 0 Å². The van der Waals surface area contributed by atoms with E-state index < -0.39 is 11.5 Å². The Balaban J connectivity index is 1.56. The molecule has 24 heavy (non-hydrogen) atoms. The van der Waals surface area contributed by atoms with E-state index in [1.165, 1.54) is 0 Å². The van der Waals surface area contributed by atoms with Gasteiger partial charge in [-0.05, 0) is 43.5 Å². The van der Waals surface area contributed by atoms with E-state index in [2.05, 4.69) is 10.3 Å². The third-order valence-corrected chi connectivity index (χ3v) is 4.50. The van der Waals surface area contributed by atoms with Crippen LogP contribution >= 0.6 is 11.6 Å². The van der Waals surface area contributed by atoms with Crippen LogP contribution in [0.5, 0.6) is 0 Å². The Morgan fingerprint density at radius 1 is 1.29 bits per heavy atom. The lowest BCUT2D eigenvalue weighted by atomic mass is 9.76. The Bertz CT molecular complexity index is 750. The summed E-state index contributed by atoms with van der Waals surface area (Å²) in [4.78, 5) is 27.4. The minimum absolute atomic E-state index is 0.135. The maximum atomic E-state index is 12.0. The molecular weight excluding hydrogens is 332 g/mol. The number of aliphatic carboxylic acids is 1. The summed E-state index contributed by atoms with van der Waals surface area (Å²) in [5, 5.41) is 12.5. The van der Waals surface area contributed by atoms with Gasteiger partial charge in [-0.25, -0.2) is 9.78 Å². The van der Waals surface area contributed by atoms with Crippen molar-refractivity contribution in [1.82, 2.24) is 10.3 Å². The number of hydrogen-bond acceptors (Lipinski definition) is 4. The van der Waals surface area contributed by atoms with Gasteiger partial charge in [-0.2, -0.15) is 0 Å². The van der Waals surface area contributed by atoms with Gasteiger partial charge in [0.05, 0.1) is 6.20 Å². The standard InChI is InChI=1S/C17H17ClN2O4/c18-12-4-2-11(3-5-12)13-10-19-15(24-13)7-6-14(21)20-17(16(22)23)8-1-9-17/h2-5,10H,1,6-9H2,(H,20,21)(H,22,23). The molecule has 0 unspecified atom stereocenters. The van der Waals surface area contributed by atoms with Crippen molar-refractivity contribution in [2.75, 3.05) is 0 Å². The first kappa shape index (κ1) is 16.5. The lowest BCUT2D eigenvalue weighted by molar-refractivity contribution is -0.151. The second-order valence-corrected chi connectivity index (χ2v) is 6.35. The highest BCUT2D eigenvalue weighted by molar-refractivity contribution is 6.30. The van der Waals surface area contributed by atoms with E-state index in [1.807, 2.05) is 12.1 Å². The SMILES string of the molecule is O=C(CCc1ncc(-c2ccc(Cl)cc2)o1)NC1(C(=O)O)CCC1. The van der Waals surface area contributed by atoms with Crippen LogP contribution in [0.25, 0.3) is 11.3 Å². The van der Waals surface area contributed by atoms with Crippen LogP contribution < -0.4 is 5.32 Å². The Morgan fingerprint density at radius 3 is 2.58 bits per heavy atom. The molecule has 0 atom stereocenters. The molecule has 3 rings (SSSR count). The molecule has 6 nitrogen and oxygen atoms in total. The van der Waals surface area contributed by atoms with Crippen LogP contribution in [-0.2, 0) is 16.0 Å². The van der Waals surface area contributed by atoms with Gasteiger partial charge in [-0.1, -0.05) is 11.6 Å². The van der Waals surface area contributed by atoms with Crippen molar-refractivity contribution >= 4 is 23.5 Å². The second kappa shape index (κ2) is 6.65. The van der Waals surface area contributed by atoms with Gasteiger partial charge in [0.1, 0.15) is 5.54 Å². The second-order valence-electron chi connectivity index (χ2n) is 5.91. The Morgan fingerprint density at radius 2 is 2.00 bits per heavy atom. The zero-order valence-corrected chi connectivity index (χ0v) is 13.7. The van der Waals surface area contributed by atoms with Crippen LogP contribution in [0.3, 0.4) is 0 Å². The van der Waals surface area contributed by atoms with Gasteiger partial charge < -0.3 is 14.8 Å². The van der Waals surface area contributed by atoms with E-state index in [1.54, 1.807) is 18.3 Å². The fourth-order valence-corrected chi connectivity index (χ4v) is 2.77. The zero-order valence-electron chi connectivity index (χ0n) is 12.9. The normalized spacial score (nSPS) is 15.5. The van der Waals surface area contributed by atoms with Crippen molar-refractivity contribution in [2.45, 2.75) is 37.6 Å². The van der Waals surface area contributed by atoms with E-state index in [9.17, 15) is 14.7 Å². The van der Waals surface area contributed by atoms with E-state index in [0.717, 1.165) is 12.0 Å². The Labute approximate surface area is 143 Å². The lowest BCUT2D eigenvalue weighted by Crippen LogP contribution is -2.59. The monoisotopic (exact) mass is 348 g/mol. The predicted octanol–water partition coefficient (Wildman–Crippen LogP) is 3.05. The van der Waals surface area contributed by atoms with Crippen LogP contribution in [0.1, 0.15) is 31.6 Å². The summed E-state index contributed by atoms with van der Waals surface area (Å²) in [7, 11) is 0. The lowest BCUT2D eigenvalue weighted by Gasteiger charge is -2.38. The summed E-state index contributed by atoms with van der Waals surface area (Å²) in [6.07, 6.45) is 3.82. The number of nitrogens with one attached hydrogen (secondary N) is 1. The highest BCUT2D eigenvalue weighted by Crippen LogP contribution is 2.32. The molecular formula is C17H17ClN2O4. The van der Waals surface area contributed by atoms with Crippen molar-refractivity contribution in [3.8, 4) is 11.3 Å². The number of carboxylic acid groups (broad SMARTS) is 1. The van der Waals surface area contributed by atoms with Crippen molar-refractivity contribution in [2.24, 2.45) is 0 Å². The average molecular weight is 349 g/mol. The molecule has 1 aromatic heterocycles. The Hall–Kier alpha value is -2.34. The largest absolute Gasteiger partial charge is 0.480 e. The topological polar surface area (TPSA) is 92.4 Å². The fourth-order valence-electron chi connectivity index (χ4n) is 2.65. The number of hydrogen-bond donors (Lipinski definition) is 2. The van der Waals surface area contributed by atoms with Gasteiger partial charge in [0.2, 0.25) is 5.91 Å². The molecule has 1 heterocycles. The van der Waals surface area contributed by atoms with Gasteiger partial charge in [0.25, 0.3) is 0 Å². The summed E-state index contributed by atoms with van der Waals surface area (Å²) in [6.45, 7) is 0. The molecule has 1 amide bonds. The van der Waals surface area contributed by atoms with Gasteiger partial charge in [-0.15, -0.1) is 0 Å². The van der Waals surface area contributed by atoms with E-state index in [0.29, 0.717) is 35.9 Å². The van der Waals surface area contributed by atoms with Crippen LogP contribution in [0.2, 0.25) is 5.02 Å². The summed E-state index contributed by atoms with van der Waals surface area (Å²) in [6, 6.07) is 7.17. The van der Waals surface area contributed by atoms with E-state index in [4.69, 9.17) is 16.0 Å². The first-order chi connectivity index (χ1) is 11.5. The molecule has 7 heteroatoms. The van der Waals surface area contributed by atoms with Crippen molar-refractivity contribution in [3.05, 3.63) is 41.4 Å². The minimum Gasteiger partial charge on any atom is -0.480 e. The number of carbonyl (C=O) groups excluding carboxylic acids is 1. The van der Waals surface area contributed by atoms with Crippen LogP contribution in [0.15, 0.2) is 34.9 Å². The molecule has 0 spiro atoms. The van der Waals surface area contributed by atoms with E-state index in [-0.39, 0.29) is 12.3 Å². The van der Waals surface area contributed by atoms with Gasteiger partial charge in [0, 0.05) is 23.4 Å². The van der Waals surface area contributed by atoms with Gasteiger partial charge in [0.15, 0.2) is 11.7 Å². The van der Waals surface area contributed by atoms with E-state index >= 15 is 0 Å². The molecule has 0 bridgehead atoms. The summed E-state index contributed by atoms with van der Waals surface area (Å²) in [5.41, 5.74) is -0.232. The summed E-state index contributed by atoms with van der Waals surface area (Å²) in [5.74, 6) is -0.234. The molecule has 1 aromatic carbocycles. The van der Waals surface area contributed by atoms with Gasteiger partial charge in [-0.3, -0.25) is 4.79 Å². The maximum Gasteiger partial charge on any atom is 0.329 e. The first-order valence-electron chi connectivity index (χ1n) is 7.74. The smallest absolute Gasteiger partial charge is 0.329 e. The van der Waals surface area contributed by atoms with Crippen LogP contribution in [-0.4, -0.2) is 27.5 Å². The average Bonchev–Trinajstić information content (AvgIpc) is 2.98. The third-order valence-electron chi connectivity index (χ3n) is 4.24. The molecule has 1 fully saturated rings. The van der Waals surface area contributed by atoms with Crippen LogP contribution in [0.4, 0.5) is 0 Å². The molecule has 126 valence electrons. The molecule has 0 aliphatic heterocycles. The van der Waals surface area contributed by atoms with Crippen molar-refractivity contribution < 1.29 is 19.1 Å². The van der Waals surface area contributed by atoms with Gasteiger partial charge >= 0.3 is 5.97 Å². The third kappa shape index (κ3) is 3.43. The molecule has 0 radical (unpaired) electrons. The van der Waals surface area contributed by atoms with Crippen molar-refractivity contribution in [3.63, 3.8) is 0 Å². The highest BCUT2D eigenvalue weighted by atomic mass is 35.5. The number of oxazole rings is 1. The Kier molecular flexibility index (Phi) is 4.57. The zero-order chi connectivity index (χ0) is 17.2. The highest BCUT2D eigenvalue weighted by Gasteiger charge is 2.45.